The molecule has 0 N–H and O–H groups in total. The zero-order valence-corrected chi connectivity index (χ0v) is 40.5. The van der Waals surface area contributed by atoms with Crippen LogP contribution in [0.1, 0.15) is 181 Å². The lowest BCUT2D eigenvalue weighted by Gasteiger charge is -2.18. The number of unbranched alkanes of at least 4 members (excludes halogenated alkanes) is 16. The number of hydrogen-bond donors (Lipinski definition) is 0. The quantitative estimate of drug-likeness (QED) is 0.0263. The Morgan fingerprint density at radius 3 is 1.09 bits per heavy atom. The third-order valence-corrected chi connectivity index (χ3v) is 9.81. The van der Waals surface area contributed by atoms with Gasteiger partial charge >= 0.3 is 17.9 Å². The summed E-state index contributed by atoms with van der Waals surface area (Å²) in [7, 11) is 0. The Morgan fingerprint density at radius 1 is 0.328 bits per heavy atom. The van der Waals surface area contributed by atoms with E-state index in [9.17, 15) is 14.4 Å². The molecule has 0 saturated carbocycles. The maximum atomic E-state index is 12.8. The summed E-state index contributed by atoms with van der Waals surface area (Å²) in [5, 5.41) is 0. The average molecular weight is 881 g/mol. The SMILES string of the molecule is CC\C=C/C=C\C=C/C=C\C=C/CCCC(=O)OCC(COC(=O)CCCCCCC\C=C/C=C\C=C/C=C\C=C/CCC)OC(=O)CCCCCCCC/C=C\C=C/CCCCC. The summed E-state index contributed by atoms with van der Waals surface area (Å²) in [6, 6.07) is 0. The number of rotatable bonds is 42. The van der Waals surface area contributed by atoms with Gasteiger partial charge in [-0.05, 0) is 77.0 Å². The highest BCUT2D eigenvalue weighted by Gasteiger charge is 2.19. The molecule has 0 bridgehead atoms. The van der Waals surface area contributed by atoms with Crippen molar-refractivity contribution in [2.45, 2.75) is 187 Å². The van der Waals surface area contributed by atoms with Crippen LogP contribution in [0.4, 0.5) is 0 Å². The molecule has 64 heavy (non-hydrogen) atoms. The summed E-state index contributed by atoms with van der Waals surface area (Å²) < 4.78 is 16.7. The molecule has 0 aromatic heterocycles. The van der Waals surface area contributed by atoms with E-state index >= 15 is 0 Å². The van der Waals surface area contributed by atoms with Gasteiger partial charge < -0.3 is 14.2 Å². The normalized spacial score (nSPS) is 13.4. The lowest BCUT2D eigenvalue weighted by Crippen LogP contribution is -2.30. The second kappa shape index (κ2) is 50.9. The van der Waals surface area contributed by atoms with Gasteiger partial charge in [-0.2, -0.15) is 0 Å². The lowest BCUT2D eigenvalue weighted by molar-refractivity contribution is -0.167. The van der Waals surface area contributed by atoms with Gasteiger partial charge in [-0.15, -0.1) is 0 Å². The fraction of sp³-hybridized carbons (Fsp3) is 0.534. The Balaban J connectivity index is 4.59. The molecule has 0 amide bonds. The Hall–Kier alpha value is -4.71. The van der Waals surface area contributed by atoms with E-state index in [1.54, 1.807) is 0 Å². The van der Waals surface area contributed by atoms with Crippen molar-refractivity contribution in [3.8, 4) is 0 Å². The Kier molecular flexibility index (Phi) is 47.2. The van der Waals surface area contributed by atoms with E-state index in [0.717, 1.165) is 96.3 Å². The van der Waals surface area contributed by atoms with Crippen molar-refractivity contribution in [1.82, 2.24) is 0 Å². The largest absolute Gasteiger partial charge is 0.462 e. The maximum absolute atomic E-state index is 12.8. The molecule has 0 fully saturated rings. The van der Waals surface area contributed by atoms with Crippen LogP contribution in [0.5, 0.6) is 0 Å². The molecule has 0 aliphatic carbocycles. The summed E-state index contributed by atoms with van der Waals surface area (Å²) in [4.78, 5) is 37.9. The first-order valence-electron chi connectivity index (χ1n) is 25.0. The minimum Gasteiger partial charge on any atom is -0.462 e. The van der Waals surface area contributed by atoms with Crippen LogP contribution in [0.3, 0.4) is 0 Å². The molecule has 356 valence electrons. The van der Waals surface area contributed by atoms with Crippen molar-refractivity contribution in [3.05, 3.63) is 146 Å². The van der Waals surface area contributed by atoms with E-state index in [1.165, 1.54) is 38.5 Å². The van der Waals surface area contributed by atoms with E-state index in [-0.39, 0.29) is 44.0 Å². The van der Waals surface area contributed by atoms with Gasteiger partial charge in [0, 0.05) is 19.3 Å². The van der Waals surface area contributed by atoms with E-state index in [0.29, 0.717) is 12.8 Å². The van der Waals surface area contributed by atoms with Crippen LogP contribution in [-0.2, 0) is 28.6 Å². The first-order valence-corrected chi connectivity index (χ1v) is 25.0. The van der Waals surface area contributed by atoms with Gasteiger partial charge in [0.15, 0.2) is 6.10 Å². The fourth-order valence-electron chi connectivity index (χ4n) is 6.08. The molecule has 6 heteroatoms. The van der Waals surface area contributed by atoms with Crippen LogP contribution in [-0.4, -0.2) is 37.2 Å². The first kappa shape index (κ1) is 59.3. The van der Waals surface area contributed by atoms with Crippen molar-refractivity contribution in [2.24, 2.45) is 0 Å². The zero-order valence-electron chi connectivity index (χ0n) is 40.5. The van der Waals surface area contributed by atoms with Gasteiger partial charge in [0.2, 0.25) is 0 Å². The van der Waals surface area contributed by atoms with Crippen LogP contribution in [0, 0.1) is 0 Å². The summed E-state index contributed by atoms with van der Waals surface area (Å²) in [6.07, 6.45) is 72.5. The minimum absolute atomic E-state index is 0.126. The van der Waals surface area contributed by atoms with E-state index in [4.69, 9.17) is 14.2 Å². The summed E-state index contributed by atoms with van der Waals surface area (Å²) in [6.45, 7) is 6.25. The Labute approximate surface area is 391 Å². The molecular weight excluding hydrogens is 793 g/mol. The van der Waals surface area contributed by atoms with Crippen LogP contribution in [0.25, 0.3) is 0 Å². The molecule has 6 nitrogen and oxygen atoms in total. The monoisotopic (exact) mass is 881 g/mol. The lowest BCUT2D eigenvalue weighted by atomic mass is 10.1. The molecule has 0 rings (SSSR count). The molecule has 0 aliphatic heterocycles. The molecule has 0 aliphatic rings. The molecule has 0 heterocycles. The molecule has 1 unspecified atom stereocenters. The fourth-order valence-corrected chi connectivity index (χ4v) is 6.08. The second-order valence-electron chi connectivity index (χ2n) is 15.9. The van der Waals surface area contributed by atoms with Gasteiger partial charge in [-0.1, -0.05) is 231 Å². The third-order valence-electron chi connectivity index (χ3n) is 9.81. The van der Waals surface area contributed by atoms with Gasteiger partial charge in [0.25, 0.3) is 0 Å². The summed E-state index contributed by atoms with van der Waals surface area (Å²) in [5.41, 5.74) is 0. The zero-order chi connectivity index (χ0) is 46.5. The predicted molar refractivity (Wildman–Crippen MR) is 274 cm³/mol. The smallest absolute Gasteiger partial charge is 0.306 e. The Bertz CT molecular complexity index is 1480. The molecule has 0 spiro atoms. The predicted octanol–water partition coefficient (Wildman–Crippen LogP) is 16.5. The molecular formula is C58H88O6. The molecule has 1 atom stereocenters. The van der Waals surface area contributed by atoms with Gasteiger partial charge in [0.05, 0.1) is 0 Å². The van der Waals surface area contributed by atoms with Gasteiger partial charge in [0.1, 0.15) is 13.2 Å². The van der Waals surface area contributed by atoms with E-state index in [1.807, 2.05) is 91.1 Å². The standard InChI is InChI=1S/C58H88O6/c1-4-7-10-13-16-19-22-25-27-28-29-31-33-36-39-42-45-48-51-57(60)63-54-55(53-62-56(59)50-47-44-41-38-35-32-24-21-18-15-12-9-6-3)64-58(61)52-49-46-43-40-37-34-30-26-23-20-17-14-11-8-5-2/h9-10,12-13,15-29,31-32,35,38,41,55H,4-8,11,14,30,33-34,36-37,39-40,42-54H2,1-3H3/b12-9-,13-10-,18-15-,19-16-,20-17-,24-21-,25-22-,26-23-,28-27-,31-29-,35-32-,41-38-. The first-order chi connectivity index (χ1) is 31.5. The summed E-state index contributed by atoms with van der Waals surface area (Å²) >= 11 is 0. The highest BCUT2D eigenvalue weighted by atomic mass is 16.6. The number of allylic oxidation sites excluding steroid dienone is 24. The highest BCUT2D eigenvalue weighted by molar-refractivity contribution is 5.71. The highest BCUT2D eigenvalue weighted by Crippen LogP contribution is 2.12. The molecule has 0 aromatic rings. The van der Waals surface area contributed by atoms with Crippen molar-refractivity contribution < 1.29 is 28.6 Å². The van der Waals surface area contributed by atoms with Crippen LogP contribution in [0.15, 0.2) is 146 Å². The number of esters is 3. The maximum Gasteiger partial charge on any atom is 0.306 e. The number of carbonyl (C=O) groups excluding carboxylic acids is 3. The topological polar surface area (TPSA) is 78.9 Å². The van der Waals surface area contributed by atoms with Crippen molar-refractivity contribution in [3.63, 3.8) is 0 Å². The molecule has 0 saturated heterocycles. The van der Waals surface area contributed by atoms with E-state index in [2.05, 4.69) is 75.5 Å². The van der Waals surface area contributed by atoms with Crippen LogP contribution in [0.2, 0.25) is 0 Å². The second-order valence-corrected chi connectivity index (χ2v) is 15.9. The third kappa shape index (κ3) is 48.3. The van der Waals surface area contributed by atoms with Crippen molar-refractivity contribution in [2.75, 3.05) is 13.2 Å². The van der Waals surface area contributed by atoms with Crippen molar-refractivity contribution in [1.29, 1.82) is 0 Å². The number of hydrogen-bond acceptors (Lipinski definition) is 6. The molecule has 0 radical (unpaired) electrons. The Morgan fingerprint density at radius 2 is 0.656 bits per heavy atom. The van der Waals surface area contributed by atoms with Crippen LogP contribution < -0.4 is 0 Å². The molecule has 0 aromatic carbocycles. The van der Waals surface area contributed by atoms with Crippen LogP contribution >= 0.6 is 0 Å². The van der Waals surface area contributed by atoms with Gasteiger partial charge in [-0.3, -0.25) is 14.4 Å². The number of ether oxygens (including phenoxy) is 3. The van der Waals surface area contributed by atoms with E-state index < -0.39 is 6.10 Å². The van der Waals surface area contributed by atoms with Crippen molar-refractivity contribution >= 4 is 17.9 Å². The average Bonchev–Trinajstić information content (AvgIpc) is 3.29. The van der Waals surface area contributed by atoms with Gasteiger partial charge in [-0.25, -0.2) is 0 Å². The summed E-state index contributed by atoms with van der Waals surface area (Å²) in [5.74, 6) is -1.05. The minimum atomic E-state index is -0.830. The number of carbonyl (C=O) groups is 3.